The van der Waals surface area contributed by atoms with Gasteiger partial charge in [-0.25, -0.2) is 4.39 Å². The Hall–Kier alpha value is -1.85. The highest BCUT2D eigenvalue weighted by Gasteiger charge is 2.42. The first-order valence-corrected chi connectivity index (χ1v) is 7.41. The number of furan rings is 1. The molecule has 0 bridgehead atoms. The molecule has 124 valence electrons. The molecule has 1 unspecified atom stereocenters. The molecule has 1 aliphatic rings. The predicted octanol–water partition coefficient (Wildman–Crippen LogP) is 3.36. The van der Waals surface area contributed by atoms with Gasteiger partial charge in [-0.05, 0) is 49.9 Å². The molecule has 1 heterocycles. The number of hydrogen-bond donors (Lipinski definition) is 2. The zero-order valence-corrected chi connectivity index (χ0v) is 13.7. The number of amides is 1. The van der Waals surface area contributed by atoms with Gasteiger partial charge >= 0.3 is 0 Å². The molecule has 4 nitrogen and oxygen atoms in total. The number of nitrogens with one attached hydrogen (secondary N) is 1. The van der Waals surface area contributed by atoms with Crippen LogP contribution in [0.15, 0.2) is 40.8 Å². The molecular formula is C17H20ClFN2O2. The third-order valence-electron chi connectivity index (χ3n) is 4.27. The van der Waals surface area contributed by atoms with E-state index in [-0.39, 0.29) is 29.9 Å². The number of benzene rings is 1. The van der Waals surface area contributed by atoms with Crippen LogP contribution in [-0.2, 0) is 0 Å². The zero-order chi connectivity index (χ0) is 15.7. The van der Waals surface area contributed by atoms with Crippen LogP contribution in [0.5, 0.6) is 0 Å². The third-order valence-corrected chi connectivity index (χ3v) is 4.27. The largest absolute Gasteiger partial charge is 0.451 e. The fourth-order valence-corrected chi connectivity index (χ4v) is 2.63. The second-order valence-electron chi connectivity index (χ2n) is 5.99. The van der Waals surface area contributed by atoms with Gasteiger partial charge in [0.1, 0.15) is 11.6 Å². The van der Waals surface area contributed by atoms with E-state index < -0.39 is 5.54 Å². The van der Waals surface area contributed by atoms with E-state index in [0.717, 1.165) is 12.8 Å². The van der Waals surface area contributed by atoms with E-state index in [1.807, 2.05) is 6.92 Å². The lowest BCUT2D eigenvalue weighted by Gasteiger charge is -2.28. The summed E-state index contributed by atoms with van der Waals surface area (Å²) in [5.74, 6) is 0.223. The first-order chi connectivity index (χ1) is 10.5. The third kappa shape index (κ3) is 3.57. The first-order valence-electron chi connectivity index (χ1n) is 7.41. The summed E-state index contributed by atoms with van der Waals surface area (Å²) >= 11 is 0. The molecule has 0 radical (unpaired) electrons. The number of rotatable bonds is 5. The van der Waals surface area contributed by atoms with Crippen LogP contribution in [0.4, 0.5) is 4.39 Å². The summed E-state index contributed by atoms with van der Waals surface area (Å²) in [4.78, 5) is 12.3. The molecule has 1 saturated carbocycles. The Morgan fingerprint density at radius 3 is 2.65 bits per heavy atom. The Bertz CT molecular complexity index is 699. The molecule has 2 aromatic rings. The molecule has 1 aromatic carbocycles. The van der Waals surface area contributed by atoms with Crippen LogP contribution in [0.2, 0.25) is 0 Å². The Morgan fingerprint density at radius 1 is 1.35 bits per heavy atom. The Labute approximate surface area is 140 Å². The van der Waals surface area contributed by atoms with E-state index in [1.54, 1.807) is 30.3 Å². The van der Waals surface area contributed by atoms with Gasteiger partial charge in [0.25, 0.3) is 5.91 Å². The summed E-state index contributed by atoms with van der Waals surface area (Å²) in [6.45, 7) is 2.33. The number of carbonyl (C=O) groups is 1. The van der Waals surface area contributed by atoms with Crippen molar-refractivity contribution in [1.29, 1.82) is 0 Å². The fraction of sp³-hybridized carbons (Fsp3) is 0.353. The highest BCUT2D eigenvalue weighted by molar-refractivity contribution is 5.92. The summed E-state index contributed by atoms with van der Waals surface area (Å²) in [5.41, 5.74) is 5.72. The number of carbonyl (C=O) groups excluding carboxylic acids is 1. The van der Waals surface area contributed by atoms with Gasteiger partial charge in [-0.15, -0.1) is 12.4 Å². The second-order valence-corrected chi connectivity index (χ2v) is 5.99. The summed E-state index contributed by atoms with van der Waals surface area (Å²) in [6.07, 6.45) is 2.15. The van der Waals surface area contributed by atoms with E-state index >= 15 is 0 Å². The molecule has 1 fully saturated rings. The van der Waals surface area contributed by atoms with E-state index in [0.29, 0.717) is 23.8 Å². The predicted molar refractivity (Wildman–Crippen MR) is 89.0 cm³/mol. The minimum atomic E-state index is -0.415. The van der Waals surface area contributed by atoms with Crippen LogP contribution in [0, 0.1) is 11.7 Å². The summed E-state index contributed by atoms with van der Waals surface area (Å²) in [5, 5.41) is 2.95. The highest BCUT2D eigenvalue weighted by Crippen LogP contribution is 2.39. The lowest BCUT2D eigenvalue weighted by Crippen LogP contribution is -2.53. The molecule has 3 N–H and O–H groups in total. The molecule has 0 aliphatic heterocycles. The van der Waals surface area contributed by atoms with Crippen molar-refractivity contribution in [3.8, 4) is 11.3 Å². The molecule has 1 atom stereocenters. The van der Waals surface area contributed by atoms with Gasteiger partial charge in [-0.2, -0.15) is 0 Å². The Balaban J connectivity index is 0.00000192. The van der Waals surface area contributed by atoms with Crippen LogP contribution >= 0.6 is 12.4 Å². The summed E-state index contributed by atoms with van der Waals surface area (Å²) < 4.78 is 19.3. The monoisotopic (exact) mass is 338 g/mol. The Morgan fingerprint density at radius 2 is 2.04 bits per heavy atom. The van der Waals surface area contributed by atoms with Gasteiger partial charge < -0.3 is 15.5 Å². The molecule has 0 saturated heterocycles. The highest BCUT2D eigenvalue weighted by atomic mass is 35.5. The molecule has 0 spiro atoms. The fourth-order valence-electron chi connectivity index (χ4n) is 2.63. The van der Waals surface area contributed by atoms with Crippen molar-refractivity contribution in [1.82, 2.24) is 5.32 Å². The van der Waals surface area contributed by atoms with Gasteiger partial charge in [0.2, 0.25) is 0 Å². The van der Waals surface area contributed by atoms with Gasteiger partial charge in [0.05, 0.1) is 11.1 Å². The molecule has 3 rings (SSSR count). The van der Waals surface area contributed by atoms with E-state index in [4.69, 9.17) is 10.2 Å². The van der Waals surface area contributed by atoms with Gasteiger partial charge in [0, 0.05) is 6.54 Å². The quantitative estimate of drug-likeness (QED) is 0.878. The SMILES string of the molecule is CC(CN)(NC(=O)c1ccc(-c2ccccc2F)o1)C1CC1.Cl. The minimum absolute atomic E-state index is 0. The van der Waals surface area contributed by atoms with Crippen molar-refractivity contribution in [2.24, 2.45) is 11.7 Å². The maximum Gasteiger partial charge on any atom is 0.287 e. The van der Waals surface area contributed by atoms with Crippen molar-refractivity contribution in [3.63, 3.8) is 0 Å². The topological polar surface area (TPSA) is 68.3 Å². The zero-order valence-electron chi connectivity index (χ0n) is 12.8. The maximum atomic E-state index is 13.7. The summed E-state index contributed by atoms with van der Waals surface area (Å²) in [6, 6.07) is 9.46. The van der Waals surface area contributed by atoms with Crippen molar-refractivity contribution in [3.05, 3.63) is 48.0 Å². The standard InChI is InChI=1S/C17H19FN2O2.ClH/c1-17(10-19,11-6-7-11)20-16(21)15-9-8-14(22-15)12-4-2-3-5-13(12)18;/h2-5,8-9,11H,6-7,10,19H2,1H3,(H,20,21);1H. The van der Waals surface area contributed by atoms with Crippen LogP contribution in [-0.4, -0.2) is 18.0 Å². The van der Waals surface area contributed by atoms with Crippen molar-refractivity contribution in [2.45, 2.75) is 25.3 Å². The van der Waals surface area contributed by atoms with Crippen LogP contribution in [0.3, 0.4) is 0 Å². The Kier molecular flexibility index (Phi) is 5.12. The van der Waals surface area contributed by atoms with Crippen LogP contribution in [0.1, 0.15) is 30.3 Å². The normalized spacial score (nSPS) is 16.3. The number of halogens is 2. The smallest absolute Gasteiger partial charge is 0.287 e. The van der Waals surface area contributed by atoms with Gasteiger partial charge in [-0.1, -0.05) is 12.1 Å². The van der Waals surface area contributed by atoms with Crippen molar-refractivity contribution in [2.75, 3.05) is 6.54 Å². The van der Waals surface area contributed by atoms with E-state index in [2.05, 4.69) is 5.32 Å². The van der Waals surface area contributed by atoms with E-state index in [1.165, 1.54) is 6.07 Å². The second kappa shape index (κ2) is 6.72. The summed E-state index contributed by atoms with van der Waals surface area (Å²) in [7, 11) is 0. The minimum Gasteiger partial charge on any atom is -0.451 e. The van der Waals surface area contributed by atoms with Crippen molar-refractivity contribution >= 4 is 18.3 Å². The first kappa shape index (κ1) is 17.5. The van der Waals surface area contributed by atoms with E-state index in [9.17, 15) is 9.18 Å². The van der Waals surface area contributed by atoms with Gasteiger partial charge in [0.15, 0.2) is 5.76 Å². The molecule has 1 aromatic heterocycles. The van der Waals surface area contributed by atoms with Crippen LogP contribution < -0.4 is 11.1 Å². The number of hydrogen-bond acceptors (Lipinski definition) is 3. The molecular weight excluding hydrogens is 319 g/mol. The lowest BCUT2D eigenvalue weighted by molar-refractivity contribution is 0.0870. The van der Waals surface area contributed by atoms with Gasteiger partial charge in [-0.3, -0.25) is 4.79 Å². The average molecular weight is 339 g/mol. The molecule has 1 amide bonds. The van der Waals surface area contributed by atoms with Crippen molar-refractivity contribution < 1.29 is 13.6 Å². The molecule has 23 heavy (non-hydrogen) atoms. The maximum absolute atomic E-state index is 13.7. The lowest BCUT2D eigenvalue weighted by atomic mass is 9.96. The molecule has 1 aliphatic carbocycles. The number of nitrogens with two attached hydrogens (primary N) is 1. The molecule has 6 heteroatoms. The average Bonchev–Trinajstić information content (AvgIpc) is 3.26. The van der Waals surface area contributed by atoms with Crippen LogP contribution in [0.25, 0.3) is 11.3 Å².